The largest absolute Gasteiger partial charge is 0.486 e. The number of benzene rings is 4. The predicted octanol–water partition coefficient (Wildman–Crippen LogP) is 13.2. The third kappa shape index (κ3) is 7.99. The van der Waals surface area contributed by atoms with Crippen LogP contribution in [0.2, 0.25) is 0 Å². The van der Waals surface area contributed by atoms with Gasteiger partial charge in [-0.1, -0.05) is 104 Å². The van der Waals surface area contributed by atoms with E-state index in [9.17, 15) is 0 Å². The Labute approximate surface area is 355 Å². The van der Waals surface area contributed by atoms with Gasteiger partial charge in [-0.05, 0) is 109 Å². The molecule has 4 aromatic heterocycles. The van der Waals surface area contributed by atoms with E-state index in [0.29, 0.717) is 57.1 Å². The molecule has 0 saturated heterocycles. The van der Waals surface area contributed by atoms with Crippen LogP contribution in [0.25, 0.3) is 66.8 Å². The van der Waals surface area contributed by atoms with E-state index in [1.165, 1.54) is 42.7 Å². The van der Waals surface area contributed by atoms with Crippen LogP contribution in [-0.4, -0.2) is 15.0 Å². The summed E-state index contributed by atoms with van der Waals surface area (Å²) in [5.41, 5.74) is 4.59. The van der Waals surface area contributed by atoms with Crippen molar-refractivity contribution in [3.8, 4) is 44.8 Å². The molecule has 0 bridgehead atoms. The molecule has 0 atom stereocenters. The molecule has 0 fully saturated rings. The van der Waals surface area contributed by atoms with Crippen molar-refractivity contribution in [2.75, 3.05) is 0 Å². The maximum Gasteiger partial charge on any atom is 0.216 e. The smallest absolute Gasteiger partial charge is 0.216 e. The van der Waals surface area contributed by atoms with E-state index < -0.39 is 40.2 Å². The summed E-state index contributed by atoms with van der Waals surface area (Å²) in [6.07, 6.45) is 3.48. The maximum absolute atomic E-state index is 8.86. The van der Waals surface area contributed by atoms with Gasteiger partial charge in [0.25, 0.3) is 0 Å². The molecular weight excluding hydrogens is 839 g/mol. The summed E-state index contributed by atoms with van der Waals surface area (Å²) in [4.78, 5) is 12.8. The number of aromatic nitrogens is 3. The number of pyridine rings is 3. The molecule has 8 rings (SSSR count). The second-order valence-electron chi connectivity index (χ2n) is 12.4. The fourth-order valence-corrected chi connectivity index (χ4v) is 6.33. The van der Waals surface area contributed by atoms with Crippen LogP contribution in [0, 0.1) is 46.4 Å². The van der Waals surface area contributed by atoms with Gasteiger partial charge in [0.1, 0.15) is 0 Å². The molecular formula is C49H45IrN3O-2. The van der Waals surface area contributed by atoms with Gasteiger partial charge in [0.05, 0.1) is 5.58 Å². The third-order valence-corrected chi connectivity index (χ3v) is 9.11. The van der Waals surface area contributed by atoms with Crippen molar-refractivity contribution in [2.45, 2.75) is 66.8 Å². The van der Waals surface area contributed by atoms with Crippen molar-refractivity contribution in [1.82, 2.24) is 15.0 Å². The Morgan fingerprint density at radius 1 is 0.704 bits per heavy atom. The van der Waals surface area contributed by atoms with E-state index in [4.69, 9.17) is 26.3 Å². The first-order valence-electron chi connectivity index (χ1n) is 25.1. The van der Waals surface area contributed by atoms with Crippen LogP contribution in [0.3, 0.4) is 0 Å². The normalized spacial score (nSPS) is 16.8. The third-order valence-electron chi connectivity index (χ3n) is 9.11. The van der Waals surface area contributed by atoms with Crippen LogP contribution < -0.4 is 0 Å². The minimum absolute atomic E-state index is 0. The average molecular weight is 900 g/mol. The number of hydrogen-bond acceptors (Lipinski definition) is 4. The Hall–Kier alpha value is -5.22. The second-order valence-corrected chi connectivity index (χ2v) is 12.4. The molecule has 1 radical (unpaired) electrons. The fourth-order valence-electron chi connectivity index (χ4n) is 6.33. The number of furan rings is 1. The van der Waals surface area contributed by atoms with Gasteiger partial charge in [-0.15, -0.1) is 47.5 Å². The van der Waals surface area contributed by atoms with Crippen molar-refractivity contribution < 1.29 is 46.5 Å². The van der Waals surface area contributed by atoms with Crippen molar-refractivity contribution in [2.24, 2.45) is 0 Å². The number of nitrogens with zero attached hydrogens (tertiary/aromatic N) is 3. The van der Waals surface area contributed by atoms with Gasteiger partial charge in [0, 0.05) is 65.5 Å². The monoisotopic (exact) mass is 900 g/mol. The summed E-state index contributed by atoms with van der Waals surface area (Å²) < 4.78 is 133. The standard InChI is InChI=1S/C30H29N2O.C19H16N.Ir/c1-6-21(7-2)22-12-14-23(18(3)15-22)27-16-28(31-17-19(27)4)26-10-8-9-24-25-13-11-20(5)32-30(25)33-29(24)26;1-14-8-11-19(20-13-14)17-10-9-15(2)18(12-17)16-6-4-3-5-7-16;/h8-9,11-17,21H,6-7H2,1-5H3;3-9,11-13H,1-2H3;/q2*-1;/i3D3,4D3,5D3,21D;1D3,2D3;. The molecule has 0 unspecified atom stereocenters. The van der Waals surface area contributed by atoms with E-state index in [1.54, 1.807) is 42.5 Å². The Bertz CT molecular complexity index is 3130. The van der Waals surface area contributed by atoms with Crippen LogP contribution in [0.4, 0.5) is 0 Å². The van der Waals surface area contributed by atoms with Gasteiger partial charge in [-0.3, -0.25) is 0 Å². The molecule has 54 heavy (non-hydrogen) atoms. The summed E-state index contributed by atoms with van der Waals surface area (Å²) in [6, 6.07) is 34.3. The average Bonchev–Trinajstić information content (AvgIpc) is 3.68. The summed E-state index contributed by atoms with van der Waals surface area (Å²) in [5, 5.41) is 1.22. The second kappa shape index (κ2) is 16.8. The van der Waals surface area contributed by atoms with E-state index in [2.05, 4.69) is 27.1 Å². The van der Waals surface area contributed by atoms with Gasteiger partial charge in [0.2, 0.25) is 5.71 Å². The zero-order chi connectivity index (χ0) is 50.5. The first-order chi connectivity index (χ1) is 32.1. The zero-order valence-corrected chi connectivity index (χ0v) is 31.9. The first-order valence-corrected chi connectivity index (χ1v) is 17.1. The predicted molar refractivity (Wildman–Crippen MR) is 220 cm³/mol. The van der Waals surface area contributed by atoms with Crippen LogP contribution in [0.15, 0.2) is 120 Å². The summed E-state index contributed by atoms with van der Waals surface area (Å²) in [6.45, 7) is -8.36. The molecule has 0 spiro atoms. The number of rotatable bonds is 7. The Morgan fingerprint density at radius 3 is 2.28 bits per heavy atom. The molecule has 0 aliphatic carbocycles. The molecule has 4 aromatic carbocycles. The van der Waals surface area contributed by atoms with Gasteiger partial charge < -0.3 is 14.4 Å². The summed E-state index contributed by atoms with van der Waals surface area (Å²) in [7, 11) is 0. The first kappa shape index (κ1) is 22.9. The topological polar surface area (TPSA) is 51.8 Å². The fraction of sp³-hybridized carbons (Fsp3) is 0.204. The quantitative estimate of drug-likeness (QED) is 0.150. The number of hydrogen-bond donors (Lipinski definition) is 0. The zero-order valence-electron chi connectivity index (χ0n) is 45.5. The van der Waals surface area contributed by atoms with E-state index in [-0.39, 0.29) is 70.6 Å². The van der Waals surface area contributed by atoms with Crippen molar-refractivity contribution >= 4 is 22.1 Å². The van der Waals surface area contributed by atoms with E-state index in [0.717, 1.165) is 5.56 Å². The molecule has 8 aromatic rings. The van der Waals surface area contributed by atoms with Crippen molar-refractivity contribution in [3.63, 3.8) is 0 Å². The summed E-state index contributed by atoms with van der Waals surface area (Å²) >= 11 is 0. The van der Waals surface area contributed by atoms with Crippen LogP contribution in [-0.2, 0) is 20.1 Å². The Kier molecular flexibility index (Phi) is 7.13. The van der Waals surface area contributed by atoms with Crippen molar-refractivity contribution in [3.05, 3.63) is 161 Å². The SMILES string of the molecule is [2H]C([2H])([2H])c1ccc(-c2[c-]cc(C([2H])([2H])[2H])c(-c3ccccc3)c2)nc1.[2H]C([2H])([2H])c1ccc2c(n1)oc1c(-c3cc(-c4ccc(C([2H])(CC)CC)cc4C([2H])([2H])[2H])c(C([2H])([2H])[2H])cn3)[c-]ccc12.[Ir]. The van der Waals surface area contributed by atoms with E-state index in [1.807, 2.05) is 44.2 Å². The van der Waals surface area contributed by atoms with Crippen LogP contribution in [0.1, 0.15) is 88.0 Å². The van der Waals surface area contributed by atoms with Gasteiger partial charge in [-0.25, -0.2) is 4.98 Å². The maximum atomic E-state index is 8.86. The van der Waals surface area contributed by atoms with Gasteiger partial charge in [-0.2, -0.15) is 0 Å². The molecule has 0 N–H and O–H groups in total. The molecule has 4 nitrogen and oxygen atoms in total. The number of fused-ring (bicyclic) bond motifs is 3. The van der Waals surface area contributed by atoms with Gasteiger partial charge >= 0.3 is 0 Å². The van der Waals surface area contributed by atoms with Crippen LogP contribution >= 0.6 is 0 Å². The molecule has 0 amide bonds. The molecule has 0 aliphatic rings. The Balaban J connectivity index is 0.000000255. The molecule has 0 saturated carbocycles. The molecule has 5 heteroatoms. The van der Waals surface area contributed by atoms with Crippen molar-refractivity contribution in [1.29, 1.82) is 0 Å². The molecule has 273 valence electrons. The minimum Gasteiger partial charge on any atom is -0.486 e. The van der Waals surface area contributed by atoms with E-state index >= 15 is 0 Å². The minimum atomic E-state index is -2.61. The number of aryl methyl sites for hydroxylation is 5. The Morgan fingerprint density at radius 2 is 1.54 bits per heavy atom. The molecule has 0 aliphatic heterocycles. The summed E-state index contributed by atoms with van der Waals surface area (Å²) in [5.74, 6) is -0.992. The molecule has 4 heterocycles. The van der Waals surface area contributed by atoms with Crippen LogP contribution in [0.5, 0.6) is 0 Å². The van der Waals surface area contributed by atoms with Gasteiger partial charge in [0.15, 0.2) is 0 Å².